The number of hydrogen-bond donors (Lipinski definition) is 3. The van der Waals surface area contributed by atoms with Gasteiger partial charge in [-0.2, -0.15) is 0 Å². The Morgan fingerprint density at radius 1 is 1.25 bits per heavy atom. The molecule has 0 heterocycles. The van der Waals surface area contributed by atoms with Crippen molar-refractivity contribution in [2.75, 3.05) is 6.54 Å². The molecule has 0 saturated heterocycles. The molecule has 0 fully saturated rings. The Labute approximate surface area is 97.2 Å². The van der Waals surface area contributed by atoms with Gasteiger partial charge in [-0.15, -0.1) is 0 Å². The lowest BCUT2D eigenvalue weighted by atomic mass is 10.1. The van der Waals surface area contributed by atoms with Gasteiger partial charge in [-0.25, -0.2) is 4.79 Å². The zero-order valence-corrected chi connectivity index (χ0v) is 10.4. The van der Waals surface area contributed by atoms with E-state index in [2.05, 4.69) is 10.6 Å². The molecule has 16 heavy (non-hydrogen) atoms. The molecule has 0 unspecified atom stereocenters. The highest BCUT2D eigenvalue weighted by Crippen LogP contribution is 2.01. The average Bonchev–Trinajstić information content (AvgIpc) is 2.10. The fourth-order valence-electron chi connectivity index (χ4n) is 1.40. The van der Waals surface area contributed by atoms with Crippen molar-refractivity contribution >= 4 is 11.9 Å². The summed E-state index contributed by atoms with van der Waals surface area (Å²) in [6.07, 6.45) is 2.21. The molecule has 0 aromatic carbocycles. The second kappa shape index (κ2) is 7.96. The highest BCUT2D eigenvalue weighted by Gasteiger charge is 2.08. The zero-order chi connectivity index (χ0) is 12.6. The second-order valence-corrected chi connectivity index (χ2v) is 4.50. The van der Waals surface area contributed by atoms with Gasteiger partial charge in [0.2, 0.25) is 5.91 Å². The molecular weight excluding hydrogens is 206 g/mol. The minimum atomic E-state index is -0.503. The molecule has 0 rings (SSSR count). The van der Waals surface area contributed by atoms with E-state index in [1.165, 1.54) is 0 Å². The molecule has 0 radical (unpaired) electrons. The first-order valence-corrected chi connectivity index (χ1v) is 5.74. The number of carbonyl (C=O) groups excluding carboxylic acids is 2. The lowest BCUT2D eigenvalue weighted by molar-refractivity contribution is -0.122. The van der Waals surface area contributed by atoms with Crippen LogP contribution in [-0.2, 0) is 4.79 Å². The molecule has 0 spiro atoms. The van der Waals surface area contributed by atoms with Crippen molar-refractivity contribution in [3.63, 3.8) is 0 Å². The van der Waals surface area contributed by atoms with E-state index in [0.717, 1.165) is 12.8 Å². The van der Waals surface area contributed by atoms with Crippen LogP contribution < -0.4 is 16.4 Å². The van der Waals surface area contributed by atoms with Crippen LogP contribution in [0.25, 0.3) is 0 Å². The molecule has 0 aliphatic carbocycles. The Balaban J connectivity index is 3.54. The minimum absolute atomic E-state index is 0.0883. The maximum atomic E-state index is 11.4. The molecule has 0 aliphatic heterocycles. The SMILES string of the molecule is CC(C)CC(=O)N[C@H](C)CCCNC(N)=O. The largest absolute Gasteiger partial charge is 0.354 e. The maximum absolute atomic E-state index is 11.4. The van der Waals surface area contributed by atoms with E-state index in [-0.39, 0.29) is 11.9 Å². The number of primary amides is 1. The number of nitrogens with one attached hydrogen (secondary N) is 2. The fraction of sp³-hybridized carbons (Fsp3) is 0.818. The van der Waals surface area contributed by atoms with Gasteiger partial charge in [0.15, 0.2) is 0 Å². The first-order chi connectivity index (χ1) is 7.41. The van der Waals surface area contributed by atoms with E-state index in [1.807, 2.05) is 20.8 Å². The topological polar surface area (TPSA) is 84.2 Å². The van der Waals surface area contributed by atoms with Crippen molar-refractivity contribution in [2.24, 2.45) is 11.7 Å². The first kappa shape index (κ1) is 14.7. The third kappa shape index (κ3) is 9.30. The molecule has 0 aliphatic rings. The van der Waals surface area contributed by atoms with Gasteiger partial charge in [0, 0.05) is 19.0 Å². The molecule has 1 atom stereocenters. The summed E-state index contributed by atoms with van der Waals surface area (Å²) in [5.41, 5.74) is 4.93. The monoisotopic (exact) mass is 229 g/mol. The van der Waals surface area contributed by atoms with Crippen molar-refractivity contribution in [3.8, 4) is 0 Å². The quantitative estimate of drug-likeness (QED) is 0.569. The first-order valence-electron chi connectivity index (χ1n) is 5.74. The summed E-state index contributed by atoms with van der Waals surface area (Å²) < 4.78 is 0. The van der Waals surface area contributed by atoms with Crippen LogP contribution in [-0.4, -0.2) is 24.5 Å². The Kier molecular flexibility index (Phi) is 7.33. The fourth-order valence-corrected chi connectivity index (χ4v) is 1.40. The molecule has 3 amide bonds. The van der Waals surface area contributed by atoms with Gasteiger partial charge in [-0.3, -0.25) is 4.79 Å². The lowest BCUT2D eigenvalue weighted by Gasteiger charge is -2.14. The van der Waals surface area contributed by atoms with Gasteiger partial charge < -0.3 is 16.4 Å². The van der Waals surface area contributed by atoms with Crippen molar-refractivity contribution in [1.82, 2.24) is 10.6 Å². The summed E-state index contributed by atoms with van der Waals surface area (Å²) in [4.78, 5) is 21.8. The molecular formula is C11H23N3O2. The van der Waals surface area contributed by atoms with Gasteiger partial charge in [0.05, 0.1) is 0 Å². The third-order valence-electron chi connectivity index (χ3n) is 2.11. The maximum Gasteiger partial charge on any atom is 0.312 e. The van der Waals surface area contributed by atoms with Gasteiger partial charge >= 0.3 is 6.03 Å². The lowest BCUT2D eigenvalue weighted by Crippen LogP contribution is -2.35. The van der Waals surface area contributed by atoms with Crippen LogP contribution in [0.5, 0.6) is 0 Å². The summed E-state index contributed by atoms with van der Waals surface area (Å²) in [5, 5.41) is 5.43. The Bertz CT molecular complexity index is 229. The van der Waals surface area contributed by atoms with Gasteiger partial charge in [0.1, 0.15) is 0 Å². The van der Waals surface area contributed by atoms with E-state index in [0.29, 0.717) is 18.9 Å². The number of rotatable bonds is 7. The second-order valence-electron chi connectivity index (χ2n) is 4.50. The van der Waals surface area contributed by atoms with Gasteiger partial charge in [-0.05, 0) is 25.7 Å². The van der Waals surface area contributed by atoms with E-state index < -0.39 is 6.03 Å². The van der Waals surface area contributed by atoms with Crippen LogP contribution in [0.4, 0.5) is 4.79 Å². The number of hydrogen-bond acceptors (Lipinski definition) is 2. The van der Waals surface area contributed by atoms with Crippen molar-refractivity contribution in [1.29, 1.82) is 0 Å². The molecule has 0 aromatic rings. The molecule has 0 saturated carbocycles. The molecule has 94 valence electrons. The van der Waals surface area contributed by atoms with Gasteiger partial charge in [-0.1, -0.05) is 13.8 Å². The Morgan fingerprint density at radius 3 is 2.38 bits per heavy atom. The third-order valence-corrected chi connectivity index (χ3v) is 2.11. The normalized spacial score (nSPS) is 12.2. The molecule has 0 bridgehead atoms. The van der Waals surface area contributed by atoms with Crippen LogP contribution in [0.1, 0.15) is 40.0 Å². The molecule has 0 aromatic heterocycles. The Hall–Kier alpha value is -1.26. The summed E-state index contributed by atoms with van der Waals surface area (Å²) in [5.74, 6) is 0.467. The molecule has 5 heteroatoms. The van der Waals surface area contributed by atoms with Crippen molar-refractivity contribution in [2.45, 2.75) is 46.1 Å². The number of nitrogens with two attached hydrogens (primary N) is 1. The van der Waals surface area contributed by atoms with Crippen molar-refractivity contribution in [3.05, 3.63) is 0 Å². The molecule has 4 N–H and O–H groups in total. The Morgan fingerprint density at radius 2 is 1.88 bits per heavy atom. The van der Waals surface area contributed by atoms with Crippen LogP contribution in [0.15, 0.2) is 0 Å². The summed E-state index contributed by atoms with van der Waals surface area (Å²) in [6, 6.07) is -0.363. The smallest absolute Gasteiger partial charge is 0.312 e. The van der Waals surface area contributed by atoms with Crippen molar-refractivity contribution < 1.29 is 9.59 Å². The van der Waals surface area contributed by atoms with E-state index >= 15 is 0 Å². The van der Waals surface area contributed by atoms with Crippen LogP contribution in [0, 0.1) is 5.92 Å². The average molecular weight is 229 g/mol. The summed E-state index contributed by atoms with van der Waals surface area (Å²) >= 11 is 0. The number of amides is 3. The number of carbonyl (C=O) groups is 2. The summed E-state index contributed by atoms with van der Waals surface area (Å²) in [6.45, 7) is 6.55. The van der Waals surface area contributed by atoms with Crippen LogP contribution in [0.2, 0.25) is 0 Å². The minimum Gasteiger partial charge on any atom is -0.354 e. The van der Waals surface area contributed by atoms with Crippen LogP contribution >= 0.6 is 0 Å². The highest BCUT2D eigenvalue weighted by atomic mass is 16.2. The standard InChI is InChI=1S/C11H23N3O2/c1-8(2)7-10(15)14-9(3)5-4-6-13-11(12)16/h8-9H,4-7H2,1-3H3,(H,14,15)(H3,12,13,16)/t9-/m1/s1. The number of urea groups is 1. The van der Waals surface area contributed by atoms with E-state index in [1.54, 1.807) is 0 Å². The van der Waals surface area contributed by atoms with E-state index in [4.69, 9.17) is 5.73 Å². The van der Waals surface area contributed by atoms with Crippen LogP contribution in [0.3, 0.4) is 0 Å². The summed E-state index contributed by atoms with van der Waals surface area (Å²) in [7, 11) is 0. The predicted molar refractivity (Wildman–Crippen MR) is 63.9 cm³/mol. The molecule has 5 nitrogen and oxygen atoms in total. The predicted octanol–water partition coefficient (Wildman–Crippen LogP) is 0.986. The van der Waals surface area contributed by atoms with Gasteiger partial charge in [0.25, 0.3) is 0 Å². The highest BCUT2D eigenvalue weighted by molar-refractivity contribution is 5.76. The zero-order valence-electron chi connectivity index (χ0n) is 10.4. The van der Waals surface area contributed by atoms with E-state index in [9.17, 15) is 9.59 Å².